The van der Waals surface area contributed by atoms with Crippen LogP contribution in [0.4, 0.5) is 0 Å². The summed E-state index contributed by atoms with van der Waals surface area (Å²) < 4.78 is 2.78. The molecule has 0 atom stereocenters. The highest BCUT2D eigenvalue weighted by Crippen LogP contribution is 2.37. The van der Waals surface area contributed by atoms with Gasteiger partial charge in [0.05, 0.1) is 0 Å². The third-order valence-electron chi connectivity index (χ3n) is 3.17. The van der Waals surface area contributed by atoms with Gasteiger partial charge in [-0.15, -0.1) is 22.7 Å². The lowest BCUT2D eigenvalue weighted by Crippen LogP contribution is -1.74. The van der Waals surface area contributed by atoms with Gasteiger partial charge in [0.2, 0.25) is 0 Å². The fraction of sp³-hybridized carbons (Fsp3) is 0. The van der Waals surface area contributed by atoms with Gasteiger partial charge in [-0.05, 0) is 39.9 Å². The second-order valence-corrected chi connectivity index (χ2v) is 6.35. The monoisotopic (exact) mass is 266 g/mol. The maximum absolute atomic E-state index is 2.30. The highest BCUT2D eigenvalue weighted by atomic mass is 32.1. The van der Waals surface area contributed by atoms with Gasteiger partial charge in [0.25, 0.3) is 0 Å². The standard InChI is InChI=1S/C16H10S2/c1-2-4-12-9-13(6-5-11(12)3-1)15-10-16-14(18-15)7-8-17-16/h1-10H. The van der Waals surface area contributed by atoms with Gasteiger partial charge < -0.3 is 0 Å². The molecule has 0 aliphatic heterocycles. The van der Waals surface area contributed by atoms with Crippen molar-refractivity contribution < 1.29 is 0 Å². The lowest BCUT2D eigenvalue weighted by Gasteiger charge is -2.01. The van der Waals surface area contributed by atoms with Crippen molar-refractivity contribution in [2.45, 2.75) is 0 Å². The number of benzene rings is 2. The molecule has 2 heterocycles. The molecule has 86 valence electrons. The van der Waals surface area contributed by atoms with E-state index >= 15 is 0 Å². The van der Waals surface area contributed by atoms with Gasteiger partial charge in [-0.25, -0.2) is 0 Å². The Kier molecular flexibility index (Phi) is 2.25. The molecule has 0 unspecified atom stereocenters. The van der Waals surface area contributed by atoms with Crippen molar-refractivity contribution in [1.29, 1.82) is 0 Å². The Morgan fingerprint density at radius 1 is 0.722 bits per heavy atom. The molecule has 2 aromatic heterocycles. The van der Waals surface area contributed by atoms with Crippen LogP contribution in [-0.4, -0.2) is 0 Å². The molecule has 0 radical (unpaired) electrons. The van der Waals surface area contributed by atoms with Crippen molar-refractivity contribution in [2.24, 2.45) is 0 Å². The minimum atomic E-state index is 1.31. The van der Waals surface area contributed by atoms with E-state index < -0.39 is 0 Å². The van der Waals surface area contributed by atoms with E-state index in [0.29, 0.717) is 0 Å². The Balaban J connectivity index is 1.93. The molecule has 0 bridgehead atoms. The number of hydrogen-bond acceptors (Lipinski definition) is 2. The lowest BCUT2D eigenvalue weighted by molar-refractivity contribution is 1.74. The maximum Gasteiger partial charge on any atom is 0.0457 e. The lowest BCUT2D eigenvalue weighted by atomic mass is 10.1. The van der Waals surface area contributed by atoms with E-state index in [2.05, 4.69) is 60.0 Å². The Morgan fingerprint density at radius 2 is 1.61 bits per heavy atom. The average Bonchev–Trinajstić information content (AvgIpc) is 2.99. The molecule has 0 amide bonds. The molecule has 0 fully saturated rings. The Hall–Kier alpha value is -1.64. The van der Waals surface area contributed by atoms with Crippen LogP contribution < -0.4 is 0 Å². The van der Waals surface area contributed by atoms with Gasteiger partial charge in [-0.1, -0.05) is 36.4 Å². The predicted octanol–water partition coefficient (Wildman–Crippen LogP) is 5.78. The molecule has 4 aromatic rings. The summed E-state index contributed by atoms with van der Waals surface area (Å²) in [5, 5.41) is 4.78. The Labute approximate surface area is 113 Å². The second-order valence-electron chi connectivity index (χ2n) is 4.32. The molecule has 0 saturated carbocycles. The molecule has 18 heavy (non-hydrogen) atoms. The van der Waals surface area contributed by atoms with E-state index in [0.717, 1.165) is 0 Å². The number of thiophene rings is 2. The molecule has 0 aliphatic carbocycles. The topological polar surface area (TPSA) is 0 Å². The van der Waals surface area contributed by atoms with Crippen molar-refractivity contribution >= 4 is 42.8 Å². The van der Waals surface area contributed by atoms with Gasteiger partial charge in [-0.3, -0.25) is 0 Å². The summed E-state index contributed by atoms with van der Waals surface area (Å²) in [7, 11) is 0. The Bertz CT molecular complexity index is 808. The van der Waals surface area contributed by atoms with Crippen LogP contribution in [-0.2, 0) is 0 Å². The normalized spacial score (nSPS) is 11.3. The van der Waals surface area contributed by atoms with Crippen molar-refractivity contribution in [3.8, 4) is 10.4 Å². The first-order valence-electron chi connectivity index (χ1n) is 5.86. The van der Waals surface area contributed by atoms with Gasteiger partial charge in [0.15, 0.2) is 0 Å². The number of rotatable bonds is 1. The zero-order valence-corrected chi connectivity index (χ0v) is 11.2. The van der Waals surface area contributed by atoms with E-state index in [-0.39, 0.29) is 0 Å². The van der Waals surface area contributed by atoms with E-state index in [4.69, 9.17) is 0 Å². The van der Waals surface area contributed by atoms with Crippen LogP contribution in [0, 0.1) is 0 Å². The fourth-order valence-corrected chi connectivity index (χ4v) is 4.36. The zero-order valence-electron chi connectivity index (χ0n) is 9.59. The van der Waals surface area contributed by atoms with Crippen LogP contribution in [0.25, 0.3) is 30.6 Å². The molecular weight excluding hydrogens is 256 g/mol. The molecule has 2 heteroatoms. The van der Waals surface area contributed by atoms with Crippen molar-refractivity contribution in [2.75, 3.05) is 0 Å². The second kappa shape index (κ2) is 3.94. The minimum Gasteiger partial charge on any atom is -0.143 e. The molecule has 0 spiro atoms. The van der Waals surface area contributed by atoms with Gasteiger partial charge in [0, 0.05) is 14.3 Å². The zero-order chi connectivity index (χ0) is 11.9. The first kappa shape index (κ1) is 10.3. The average molecular weight is 266 g/mol. The first-order valence-corrected chi connectivity index (χ1v) is 7.56. The molecule has 2 aromatic carbocycles. The number of hydrogen-bond donors (Lipinski definition) is 0. The van der Waals surface area contributed by atoms with Gasteiger partial charge >= 0.3 is 0 Å². The summed E-state index contributed by atoms with van der Waals surface area (Å²) in [6.07, 6.45) is 0. The van der Waals surface area contributed by atoms with Crippen LogP contribution in [0.2, 0.25) is 0 Å². The van der Waals surface area contributed by atoms with E-state index in [1.807, 2.05) is 22.7 Å². The van der Waals surface area contributed by atoms with Crippen molar-refractivity contribution in [1.82, 2.24) is 0 Å². The molecule has 0 saturated heterocycles. The SMILES string of the molecule is c1ccc2cc(-c3cc4sccc4s3)ccc2c1. The highest BCUT2D eigenvalue weighted by molar-refractivity contribution is 7.28. The van der Waals surface area contributed by atoms with Crippen molar-refractivity contribution in [3.05, 3.63) is 60.0 Å². The van der Waals surface area contributed by atoms with Gasteiger partial charge in [-0.2, -0.15) is 0 Å². The van der Waals surface area contributed by atoms with E-state index in [1.165, 1.54) is 30.6 Å². The maximum atomic E-state index is 2.30. The van der Waals surface area contributed by atoms with Crippen LogP contribution in [0.15, 0.2) is 60.0 Å². The van der Waals surface area contributed by atoms with Crippen LogP contribution in [0.5, 0.6) is 0 Å². The summed E-state index contributed by atoms with van der Waals surface area (Å²) in [5.41, 5.74) is 1.32. The third kappa shape index (κ3) is 1.57. The summed E-state index contributed by atoms with van der Waals surface area (Å²) in [6.45, 7) is 0. The van der Waals surface area contributed by atoms with E-state index in [1.54, 1.807) is 0 Å². The summed E-state index contributed by atoms with van der Waals surface area (Å²) in [5.74, 6) is 0. The Morgan fingerprint density at radius 3 is 2.50 bits per heavy atom. The summed E-state index contributed by atoms with van der Waals surface area (Å²) >= 11 is 3.69. The smallest absolute Gasteiger partial charge is 0.0457 e. The van der Waals surface area contributed by atoms with E-state index in [9.17, 15) is 0 Å². The number of fused-ring (bicyclic) bond motifs is 2. The minimum absolute atomic E-state index is 1.31. The predicted molar refractivity (Wildman–Crippen MR) is 82.6 cm³/mol. The first-order chi connectivity index (χ1) is 8.90. The molecule has 0 N–H and O–H groups in total. The largest absolute Gasteiger partial charge is 0.143 e. The molecule has 4 rings (SSSR count). The van der Waals surface area contributed by atoms with Gasteiger partial charge in [0.1, 0.15) is 0 Å². The van der Waals surface area contributed by atoms with Crippen LogP contribution in [0.1, 0.15) is 0 Å². The fourth-order valence-electron chi connectivity index (χ4n) is 2.25. The summed E-state index contributed by atoms with van der Waals surface area (Å²) in [6, 6.07) is 19.7. The molecular formula is C16H10S2. The molecule has 0 nitrogen and oxygen atoms in total. The highest BCUT2D eigenvalue weighted by Gasteiger charge is 2.05. The van der Waals surface area contributed by atoms with Crippen molar-refractivity contribution in [3.63, 3.8) is 0 Å². The van der Waals surface area contributed by atoms with Crippen LogP contribution >= 0.6 is 22.7 Å². The quantitative estimate of drug-likeness (QED) is 0.409. The summed E-state index contributed by atoms with van der Waals surface area (Å²) in [4.78, 5) is 1.36. The molecule has 0 aliphatic rings. The third-order valence-corrected chi connectivity index (χ3v) is 5.32. The van der Waals surface area contributed by atoms with Crippen LogP contribution in [0.3, 0.4) is 0 Å².